The van der Waals surface area contributed by atoms with E-state index in [4.69, 9.17) is 9.47 Å². The summed E-state index contributed by atoms with van der Waals surface area (Å²) in [6.45, 7) is 1.92. The molecule has 0 aromatic heterocycles. The maximum atomic E-state index is 12.6. The lowest BCUT2D eigenvalue weighted by Gasteiger charge is -2.11. The highest BCUT2D eigenvalue weighted by Crippen LogP contribution is 2.27. The molecule has 3 heteroatoms. The Balaban J connectivity index is 2.51. The number of hydrogen-bond acceptors (Lipinski definition) is 3. The summed E-state index contributed by atoms with van der Waals surface area (Å²) in [5, 5.41) is 0. The molecule has 0 saturated heterocycles. The highest BCUT2D eigenvalue weighted by molar-refractivity contribution is 6.11. The van der Waals surface area contributed by atoms with Gasteiger partial charge in [-0.05, 0) is 30.7 Å². The molecule has 0 aliphatic rings. The van der Waals surface area contributed by atoms with E-state index in [1.807, 2.05) is 31.2 Å². The van der Waals surface area contributed by atoms with Crippen molar-refractivity contribution in [1.29, 1.82) is 0 Å². The molecule has 0 heterocycles. The summed E-state index contributed by atoms with van der Waals surface area (Å²) >= 11 is 0. The molecule has 0 fully saturated rings. The third-order valence-corrected chi connectivity index (χ3v) is 3.04. The highest BCUT2D eigenvalue weighted by atomic mass is 16.5. The molecule has 0 amide bonds. The summed E-state index contributed by atoms with van der Waals surface area (Å²) < 4.78 is 10.4. The Kier molecular flexibility index (Phi) is 3.85. The van der Waals surface area contributed by atoms with Crippen molar-refractivity contribution < 1.29 is 14.3 Å². The van der Waals surface area contributed by atoms with Gasteiger partial charge in [0.2, 0.25) is 0 Å². The minimum Gasteiger partial charge on any atom is -0.497 e. The van der Waals surface area contributed by atoms with E-state index in [-0.39, 0.29) is 5.78 Å². The van der Waals surface area contributed by atoms with Crippen molar-refractivity contribution in [3.8, 4) is 11.5 Å². The maximum Gasteiger partial charge on any atom is 0.197 e. The number of carbonyl (C=O) groups excluding carboxylic acids is 1. The smallest absolute Gasteiger partial charge is 0.197 e. The van der Waals surface area contributed by atoms with Crippen molar-refractivity contribution in [2.75, 3.05) is 14.2 Å². The van der Waals surface area contributed by atoms with Gasteiger partial charge < -0.3 is 9.47 Å². The molecule has 19 heavy (non-hydrogen) atoms. The number of ketones is 1. The van der Waals surface area contributed by atoms with Gasteiger partial charge in [0, 0.05) is 5.56 Å². The van der Waals surface area contributed by atoms with Gasteiger partial charge in [-0.1, -0.05) is 24.3 Å². The lowest BCUT2D eigenvalue weighted by molar-refractivity contribution is 0.103. The molecule has 3 nitrogen and oxygen atoms in total. The van der Waals surface area contributed by atoms with E-state index in [9.17, 15) is 4.79 Å². The van der Waals surface area contributed by atoms with Crippen LogP contribution in [0.15, 0.2) is 42.5 Å². The summed E-state index contributed by atoms with van der Waals surface area (Å²) in [5.74, 6) is 1.13. The molecule has 0 radical (unpaired) electrons. The maximum absolute atomic E-state index is 12.6. The van der Waals surface area contributed by atoms with Gasteiger partial charge in [0.25, 0.3) is 0 Å². The molecule has 0 aliphatic carbocycles. The van der Waals surface area contributed by atoms with Gasteiger partial charge in [0.05, 0.1) is 19.8 Å². The Morgan fingerprint density at radius 2 is 1.68 bits per heavy atom. The van der Waals surface area contributed by atoms with Gasteiger partial charge in [0.15, 0.2) is 5.78 Å². The largest absolute Gasteiger partial charge is 0.497 e. The Morgan fingerprint density at radius 1 is 0.947 bits per heavy atom. The summed E-state index contributed by atoms with van der Waals surface area (Å²) in [4.78, 5) is 12.6. The van der Waals surface area contributed by atoms with E-state index in [1.54, 1.807) is 32.4 Å². The van der Waals surface area contributed by atoms with E-state index >= 15 is 0 Å². The number of methoxy groups -OCH3 is 2. The van der Waals surface area contributed by atoms with Crippen LogP contribution in [0.2, 0.25) is 0 Å². The summed E-state index contributed by atoms with van der Waals surface area (Å²) in [7, 11) is 3.13. The SMILES string of the molecule is COc1ccc(OC)c(C(=O)c2ccccc2C)c1. The van der Waals surface area contributed by atoms with Crippen LogP contribution < -0.4 is 9.47 Å². The Hall–Kier alpha value is -2.29. The van der Waals surface area contributed by atoms with Crippen molar-refractivity contribution in [1.82, 2.24) is 0 Å². The third-order valence-electron chi connectivity index (χ3n) is 3.04. The zero-order chi connectivity index (χ0) is 13.8. The van der Waals surface area contributed by atoms with Crippen LogP contribution in [0.3, 0.4) is 0 Å². The predicted molar refractivity (Wildman–Crippen MR) is 74.2 cm³/mol. The fourth-order valence-corrected chi connectivity index (χ4v) is 1.96. The number of rotatable bonds is 4. The second kappa shape index (κ2) is 5.57. The van der Waals surface area contributed by atoms with Crippen LogP contribution >= 0.6 is 0 Å². The van der Waals surface area contributed by atoms with Crippen molar-refractivity contribution in [3.63, 3.8) is 0 Å². The normalized spacial score (nSPS) is 10.1. The van der Waals surface area contributed by atoms with Crippen molar-refractivity contribution in [2.45, 2.75) is 6.92 Å². The fourth-order valence-electron chi connectivity index (χ4n) is 1.96. The molecule has 2 aromatic carbocycles. The monoisotopic (exact) mass is 256 g/mol. The topological polar surface area (TPSA) is 35.5 Å². The number of carbonyl (C=O) groups is 1. The minimum atomic E-state index is -0.0612. The Bertz CT molecular complexity index is 603. The minimum absolute atomic E-state index is 0.0612. The molecule has 0 spiro atoms. The van der Waals surface area contributed by atoms with Crippen LogP contribution in [-0.2, 0) is 0 Å². The standard InChI is InChI=1S/C16H16O3/c1-11-6-4-5-7-13(11)16(17)14-10-12(18-2)8-9-15(14)19-3/h4-10H,1-3H3. The molecule has 2 aromatic rings. The molecule has 0 bridgehead atoms. The second-order valence-electron chi connectivity index (χ2n) is 4.21. The van der Waals surface area contributed by atoms with Crippen LogP contribution in [-0.4, -0.2) is 20.0 Å². The first-order valence-corrected chi connectivity index (χ1v) is 5.99. The quantitative estimate of drug-likeness (QED) is 0.788. The number of hydrogen-bond donors (Lipinski definition) is 0. The molecule has 0 unspecified atom stereocenters. The third kappa shape index (κ3) is 2.60. The first kappa shape index (κ1) is 13.1. The summed E-state index contributed by atoms with van der Waals surface area (Å²) in [5.41, 5.74) is 2.13. The van der Waals surface area contributed by atoms with Crippen molar-refractivity contribution in [3.05, 3.63) is 59.2 Å². The van der Waals surface area contributed by atoms with E-state index in [1.165, 1.54) is 0 Å². The first-order chi connectivity index (χ1) is 9.17. The van der Waals surface area contributed by atoms with Gasteiger partial charge in [-0.2, -0.15) is 0 Å². The van der Waals surface area contributed by atoms with Crippen molar-refractivity contribution >= 4 is 5.78 Å². The number of aryl methyl sites for hydroxylation is 1. The van der Waals surface area contributed by atoms with E-state index < -0.39 is 0 Å². The molecule has 0 N–H and O–H groups in total. The Labute approximate surface area is 112 Å². The van der Waals surface area contributed by atoms with Gasteiger partial charge >= 0.3 is 0 Å². The molecular formula is C16H16O3. The summed E-state index contributed by atoms with van der Waals surface area (Å²) in [6.07, 6.45) is 0. The lowest BCUT2D eigenvalue weighted by Crippen LogP contribution is -2.06. The van der Waals surface area contributed by atoms with Gasteiger partial charge in [0.1, 0.15) is 11.5 Å². The van der Waals surface area contributed by atoms with Crippen LogP contribution in [0.25, 0.3) is 0 Å². The van der Waals surface area contributed by atoms with Gasteiger partial charge in [-0.25, -0.2) is 0 Å². The van der Waals surface area contributed by atoms with Crippen LogP contribution in [0.4, 0.5) is 0 Å². The average Bonchev–Trinajstić information content (AvgIpc) is 2.46. The second-order valence-corrected chi connectivity index (χ2v) is 4.21. The Morgan fingerprint density at radius 3 is 2.32 bits per heavy atom. The van der Waals surface area contributed by atoms with Crippen LogP contribution in [0.1, 0.15) is 21.5 Å². The lowest BCUT2D eigenvalue weighted by atomic mass is 9.98. The highest BCUT2D eigenvalue weighted by Gasteiger charge is 2.16. The van der Waals surface area contributed by atoms with E-state index in [2.05, 4.69) is 0 Å². The molecular weight excluding hydrogens is 240 g/mol. The molecule has 0 atom stereocenters. The fraction of sp³-hybridized carbons (Fsp3) is 0.188. The van der Waals surface area contributed by atoms with Gasteiger partial charge in [-0.15, -0.1) is 0 Å². The van der Waals surface area contributed by atoms with Crippen molar-refractivity contribution in [2.24, 2.45) is 0 Å². The van der Waals surface area contributed by atoms with Crippen LogP contribution in [0, 0.1) is 6.92 Å². The molecule has 0 saturated carbocycles. The zero-order valence-corrected chi connectivity index (χ0v) is 11.3. The molecule has 0 aliphatic heterocycles. The van der Waals surface area contributed by atoms with E-state index in [0.717, 1.165) is 5.56 Å². The van der Waals surface area contributed by atoms with Gasteiger partial charge in [-0.3, -0.25) is 4.79 Å². The first-order valence-electron chi connectivity index (χ1n) is 5.99. The molecule has 98 valence electrons. The van der Waals surface area contributed by atoms with Crippen LogP contribution in [0.5, 0.6) is 11.5 Å². The average molecular weight is 256 g/mol. The van der Waals surface area contributed by atoms with E-state index in [0.29, 0.717) is 22.6 Å². The predicted octanol–water partition coefficient (Wildman–Crippen LogP) is 3.24. The number of benzene rings is 2. The molecule has 2 rings (SSSR count). The summed E-state index contributed by atoms with van der Waals surface area (Å²) in [6, 6.07) is 12.7. The zero-order valence-electron chi connectivity index (χ0n) is 11.3. The number of ether oxygens (including phenoxy) is 2.